The lowest BCUT2D eigenvalue weighted by atomic mass is 10.1. The molecular formula is C22H21ClN4O4S. The fourth-order valence-electron chi connectivity index (χ4n) is 2.78. The number of halogens is 1. The molecular weight excluding hydrogens is 452 g/mol. The molecule has 1 heterocycles. The summed E-state index contributed by atoms with van der Waals surface area (Å²) in [5.41, 5.74) is 2.52. The van der Waals surface area contributed by atoms with Gasteiger partial charge in [0.25, 0.3) is 5.91 Å². The molecule has 0 aliphatic rings. The van der Waals surface area contributed by atoms with Crippen molar-refractivity contribution >= 4 is 52.2 Å². The van der Waals surface area contributed by atoms with Crippen molar-refractivity contribution in [1.29, 1.82) is 0 Å². The Balaban J connectivity index is 1.62. The van der Waals surface area contributed by atoms with Crippen molar-refractivity contribution in [2.75, 3.05) is 10.6 Å². The van der Waals surface area contributed by atoms with Crippen molar-refractivity contribution in [3.05, 3.63) is 63.9 Å². The average molecular weight is 473 g/mol. The topological polar surface area (TPSA) is 120 Å². The Hall–Kier alpha value is -3.43. The lowest BCUT2D eigenvalue weighted by Gasteiger charge is -2.16. The van der Waals surface area contributed by atoms with Crippen LogP contribution in [0.3, 0.4) is 0 Å². The van der Waals surface area contributed by atoms with E-state index < -0.39 is 23.9 Å². The zero-order valence-corrected chi connectivity index (χ0v) is 18.8. The largest absolute Gasteiger partial charge is 0.480 e. The van der Waals surface area contributed by atoms with Gasteiger partial charge in [0.15, 0.2) is 5.01 Å². The van der Waals surface area contributed by atoms with Gasteiger partial charge >= 0.3 is 12.0 Å². The highest BCUT2D eigenvalue weighted by Crippen LogP contribution is 2.24. The van der Waals surface area contributed by atoms with Crippen molar-refractivity contribution < 1.29 is 19.5 Å². The van der Waals surface area contributed by atoms with Gasteiger partial charge in [0, 0.05) is 27.3 Å². The first-order chi connectivity index (χ1) is 15.2. The zero-order valence-electron chi connectivity index (χ0n) is 17.3. The Morgan fingerprint density at radius 3 is 2.06 bits per heavy atom. The molecule has 1 aromatic heterocycles. The second-order valence-corrected chi connectivity index (χ2v) is 8.53. The summed E-state index contributed by atoms with van der Waals surface area (Å²) in [6.45, 7) is 3.44. The van der Waals surface area contributed by atoms with Gasteiger partial charge in [0.2, 0.25) is 0 Å². The van der Waals surface area contributed by atoms with E-state index in [1.165, 1.54) is 0 Å². The number of carboxylic acid groups (broad SMARTS) is 1. The fraction of sp³-hybridized carbons (Fsp3) is 0.182. The van der Waals surface area contributed by atoms with Gasteiger partial charge in [0.1, 0.15) is 6.04 Å². The molecule has 4 N–H and O–H groups in total. The van der Waals surface area contributed by atoms with Gasteiger partial charge < -0.3 is 21.1 Å². The highest BCUT2D eigenvalue weighted by atomic mass is 35.5. The van der Waals surface area contributed by atoms with E-state index in [1.54, 1.807) is 67.8 Å². The van der Waals surface area contributed by atoms with Crippen LogP contribution in [0.1, 0.15) is 23.6 Å². The molecule has 0 radical (unpaired) electrons. The Bertz CT molecular complexity index is 1110. The molecule has 32 heavy (non-hydrogen) atoms. The van der Waals surface area contributed by atoms with Crippen LogP contribution in [0.5, 0.6) is 0 Å². The van der Waals surface area contributed by atoms with E-state index in [-0.39, 0.29) is 10.9 Å². The number of thiazole rings is 1. The van der Waals surface area contributed by atoms with E-state index in [9.17, 15) is 19.5 Å². The minimum Gasteiger partial charge on any atom is -0.480 e. The number of carboxylic acids is 1. The number of hydrogen-bond acceptors (Lipinski definition) is 5. The summed E-state index contributed by atoms with van der Waals surface area (Å²) in [7, 11) is 0. The van der Waals surface area contributed by atoms with Crippen LogP contribution < -0.4 is 16.0 Å². The quantitative estimate of drug-likeness (QED) is 0.388. The Labute approximate surface area is 193 Å². The molecule has 3 aromatic rings. The van der Waals surface area contributed by atoms with E-state index in [4.69, 9.17) is 11.6 Å². The number of carbonyl (C=O) groups is 3. The van der Waals surface area contributed by atoms with E-state index in [1.807, 2.05) is 0 Å². The molecule has 0 fully saturated rings. The summed E-state index contributed by atoms with van der Waals surface area (Å²) in [5, 5.41) is 19.6. The fourth-order valence-corrected chi connectivity index (χ4v) is 3.63. The summed E-state index contributed by atoms with van der Waals surface area (Å²) in [4.78, 5) is 40.1. The molecule has 1 unspecified atom stereocenters. The molecule has 0 saturated heterocycles. The van der Waals surface area contributed by atoms with E-state index in [0.29, 0.717) is 22.1 Å². The van der Waals surface area contributed by atoms with Crippen LogP contribution in [-0.4, -0.2) is 34.0 Å². The molecule has 8 nitrogen and oxygen atoms in total. The maximum Gasteiger partial charge on any atom is 0.326 e. The number of anilines is 2. The Kier molecular flexibility index (Phi) is 7.45. The molecule has 3 amide bonds. The second kappa shape index (κ2) is 10.3. The van der Waals surface area contributed by atoms with Crippen LogP contribution >= 0.6 is 22.9 Å². The maximum atomic E-state index is 12.4. The number of benzene rings is 2. The summed E-state index contributed by atoms with van der Waals surface area (Å²) < 4.78 is 0. The predicted octanol–water partition coefficient (Wildman–Crippen LogP) is 4.95. The highest BCUT2D eigenvalue weighted by molar-refractivity contribution is 7.12. The van der Waals surface area contributed by atoms with Gasteiger partial charge in [-0.1, -0.05) is 37.6 Å². The molecule has 10 heteroatoms. The van der Waals surface area contributed by atoms with Crippen LogP contribution in [-0.2, 0) is 4.79 Å². The number of urea groups is 1. The van der Waals surface area contributed by atoms with Crippen molar-refractivity contribution in [2.24, 2.45) is 5.92 Å². The highest BCUT2D eigenvalue weighted by Gasteiger charge is 2.25. The molecule has 0 bridgehead atoms. The minimum absolute atomic E-state index is 0.177. The zero-order chi connectivity index (χ0) is 23.3. The van der Waals surface area contributed by atoms with Crippen molar-refractivity contribution in [3.8, 4) is 11.3 Å². The summed E-state index contributed by atoms with van der Waals surface area (Å²) in [5.74, 6) is -1.87. The first-order valence-electron chi connectivity index (χ1n) is 9.66. The molecule has 2 aromatic carbocycles. The van der Waals surface area contributed by atoms with Crippen LogP contribution in [0.25, 0.3) is 11.3 Å². The number of nitrogens with one attached hydrogen (secondary N) is 3. The number of rotatable bonds is 7. The third-order valence-electron chi connectivity index (χ3n) is 4.46. The van der Waals surface area contributed by atoms with E-state index >= 15 is 0 Å². The normalized spacial score (nSPS) is 11.6. The van der Waals surface area contributed by atoms with Crippen LogP contribution in [0, 0.1) is 5.92 Å². The Morgan fingerprint density at radius 2 is 1.53 bits per heavy atom. The maximum absolute atomic E-state index is 12.4. The van der Waals surface area contributed by atoms with Crippen molar-refractivity contribution in [1.82, 2.24) is 10.3 Å². The van der Waals surface area contributed by atoms with Gasteiger partial charge in [-0.05, 0) is 42.3 Å². The summed E-state index contributed by atoms with van der Waals surface area (Å²) in [6, 6.07) is 12.3. The van der Waals surface area contributed by atoms with E-state index in [2.05, 4.69) is 20.9 Å². The third-order valence-corrected chi connectivity index (χ3v) is 5.55. The molecule has 166 valence electrons. The minimum atomic E-state index is -1.09. The van der Waals surface area contributed by atoms with Crippen LogP contribution in [0.2, 0.25) is 5.02 Å². The number of carbonyl (C=O) groups excluding carboxylic acids is 2. The van der Waals surface area contributed by atoms with Gasteiger partial charge in [0.05, 0.1) is 5.69 Å². The first kappa shape index (κ1) is 23.2. The van der Waals surface area contributed by atoms with Gasteiger partial charge in [-0.3, -0.25) is 4.79 Å². The third kappa shape index (κ3) is 6.05. The Morgan fingerprint density at radius 1 is 0.969 bits per heavy atom. The monoisotopic (exact) mass is 472 g/mol. The van der Waals surface area contributed by atoms with Crippen LogP contribution in [0.4, 0.5) is 16.2 Å². The number of hydrogen-bond donors (Lipinski definition) is 4. The second-order valence-electron chi connectivity index (χ2n) is 7.23. The number of aliphatic carboxylic acids is 1. The SMILES string of the molecule is CC(C)C(NC(=O)c1nc(-c2ccc(NC(=O)Nc3ccc(Cl)cc3)cc2)cs1)C(=O)O. The van der Waals surface area contributed by atoms with Crippen LogP contribution in [0.15, 0.2) is 53.9 Å². The molecule has 3 rings (SSSR count). The summed E-state index contributed by atoms with van der Waals surface area (Å²) in [6.07, 6.45) is 0. The smallest absolute Gasteiger partial charge is 0.326 e. The molecule has 0 saturated carbocycles. The first-order valence-corrected chi connectivity index (χ1v) is 10.9. The summed E-state index contributed by atoms with van der Waals surface area (Å²) >= 11 is 6.96. The average Bonchev–Trinajstić information content (AvgIpc) is 3.24. The van der Waals surface area contributed by atoms with Gasteiger partial charge in [-0.2, -0.15) is 0 Å². The van der Waals surface area contributed by atoms with Crippen molar-refractivity contribution in [2.45, 2.75) is 19.9 Å². The standard InChI is InChI=1S/C22H21ClN4O4S/c1-12(2)18(21(29)30)27-19(28)20-26-17(11-32-20)13-3-7-15(8-4-13)24-22(31)25-16-9-5-14(23)6-10-16/h3-12,18H,1-2H3,(H,27,28)(H,29,30)(H2,24,25,31). The molecule has 0 aliphatic carbocycles. The number of nitrogens with zero attached hydrogens (tertiary/aromatic N) is 1. The molecule has 1 atom stereocenters. The lowest BCUT2D eigenvalue weighted by molar-refractivity contribution is -0.140. The van der Waals surface area contributed by atoms with E-state index in [0.717, 1.165) is 16.9 Å². The number of amides is 3. The lowest BCUT2D eigenvalue weighted by Crippen LogP contribution is -2.44. The molecule has 0 spiro atoms. The molecule has 0 aliphatic heterocycles. The van der Waals surface area contributed by atoms with Gasteiger partial charge in [-0.25, -0.2) is 14.6 Å². The van der Waals surface area contributed by atoms with Crippen molar-refractivity contribution in [3.63, 3.8) is 0 Å². The van der Waals surface area contributed by atoms with Gasteiger partial charge in [-0.15, -0.1) is 11.3 Å². The number of aromatic nitrogens is 1. The predicted molar refractivity (Wildman–Crippen MR) is 125 cm³/mol.